The standard InChI is InChI=1S/C32H38O5/c1-5-6-10-25-13-17-30(29(22-25)32(34)27-11-8-7-9-12-27)37-24(3)19-20-36-28-16-14-26(23(2)21-28)15-18-31(33)35-4/h7-9,11-14,16-17,21-22,24H,5-6,10,15,18-20H2,1-4H3. The van der Waals surface area contributed by atoms with Crippen molar-refractivity contribution in [3.63, 3.8) is 0 Å². The molecule has 3 aromatic rings. The Balaban J connectivity index is 1.61. The molecule has 0 amide bonds. The maximum atomic E-state index is 13.3. The molecule has 0 spiro atoms. The lowest BCUT2D eigenvalue weighted by molar-refractivity contribution is -0.140. The monoisotopic (exact) mass is 502 g/mol. The van der Waals surface area contributed by atoms with E-state index in [-0.39, 0.29) is 17.9 Å². The highest BCUT2D eigenvalue weighted by atomic mass is 16.5. The molecule has 0 radical (unpaired) electrons. The van der Waals surface area contributed by atoms with Crippen LogP contribution in [0.25, 0.3) is 0 Å². The highest BCUT2D eigenvalue weighted by Crippen LogP contribution is 2.26. The SMILES string of the molecule is CCCCc1ccc(OC(C)CCOc2ccc(CCC(=O)OC)c(C)c2)c(C(=O)c2ccccc2)c1. The highest BCUT2D eigenvalue weighted by molar-refractivity contribution is 6.10. The summed E-state index contributed by atoms with van der Waals surface area (Å²) in [7, 11) is 1.40. The molecule has 196 valence electrons. The quantitative estimate of drug-likeness (QED) is 0.177. The number of carbonyl (C=O) groups is 2. The van der Waals surface area contributed by atoms with Crippen molar-refractivity contribution in [2.75, 3.05) is 13.7 Å². The lowest BCUT2D eigenvalue weighted by Crippen LogP contribution is -2.18. The van der Waals surface area contributed by atoms with Gasteiger partial charge in [-0.3, -0.25) is 9.59 Å². The third kappa shape index (κ3) is 8.49. The average Bonchev–Trinajstić information content (AvgIpc) is 2.91. The van der Waals surface area contributed by atoms with Gasteiger partial charge in [0.05, 0.1) is 25.4 Å². The molecule has 0 heterocycles. The molecule has 0 aliphatic heterocycles. The van der Waals surface area contributed by atoms with E-state index in [1.54, 1.807) is 0 Å². The fraction of sp³-hybridized carbons (Fsp3) is 0.375. The van der Waals surface area contributed by atoms with Crippen LogP contribution in [0.2, 0.25) is 0 Å². The fourth-order valence-corrected chi connectivity index (χ4v) is 4.13. The van der Waals surface area contributed by atoms with Crippen LogP contribution in [0.3, 0.4) is 0 Å². The van der Waals surface area contributed by atoms with Crippen LogP contribution in [0, 0.1) is 6.92 Å². The van der Waals surface area contributed by atoms with Gasteiger partial charge in [0.1, 0.15) is 11.5 Å². The second-order valence-corrected chi connectivity index (χ2v) is 9.36. The Morgan fingerprint density at radius 3 is 2.43 bits per heavy atom. The zero-order valence-electron chi connectivity index (χ0n) is 22.4. The molecule has 1 atom stereocenters. The van der Waals surface area contributed by atoms with Gasteiger partial charge in [0.2, 0.25) is 0 Å². The maximum Gasteiger partial charge on any atom is 0.305 e. The summed E-state index contributed by atoms with van der Waals surface area (Å²) in [4.78, 5) is 24.7. The van der Waals surface area contributed by atoms with Crippen LogP contribution in [-0.2, 0) is 22.4 Å². The number of aryl methyl sites for hydroxylation is 3. The third-order valence-electron chi connectivity index (χ3n) is 6.41. The Hall–Kier alpha value is -3.60. The van der Waals surface area contributed by atoms with Crippen molar-refractivity contribution >= 4 is 11.8 Å². The van der Waals surface area contributed by atoms with Gasteiger partial charge in [-0.15, -0.1) is 0 Å². The van der Waals surface area contributed by atoms with Gasteiger partial charge in [-0.2, -0.15) is 0 Å². The largest absolute Gasteiger partial charge is 0.493 e. The summed E-state index contributed by atoms with van der Waals surface area (Å²) < 4.78 is 16.9. The first-order valence-corrected chi connectivity index (χ1v) is 13.1. The lowest BCUT2D eigenvalue weighted by Gasteiger charge is -2.18. The minimum absolute atomic E-state index is 0.0276. The number of ketones is 1. The van der Waals surface area contributed by atoms with Gasteiger partial charge in [-0.25, -0.2) is 0 Å². The van der Waals surface area contributed by atoms with E-state index in [4.69, 9.17) is 14.2 Å². The summed E-state index contributed by atoms with van der Waals surface area (Å²) in [5, 5.41) is 0. The van der Waals surface area contributed by atoms with Gasteiger partial charge < -0.3 is 14.2 Å². The zero-order chi connectivity index (χ0) is 26.6. The molecule has 0 N–H and O–H groups in total. The second kappa shape index (κ2) is 14.2. The first-order chi connectivity index (χ1) is 17.9. The number of benzene rings is 3. The van der Waals surface area contributed by atoms with Crippen LogP contribution in [0.4, 0.5) is 0 Å². The van der Waals surface area contributed by atoms with Crippen LogP contribution in [0.5, 0.6) is 11.5 Å². The summed E-state index contributed by atoms with van der Waals surface area (Å²) in [5.74, 6) is 1.15. The number of unbranched alkanes of at least 4 members (excludes halogenated alkanes) is 1. The van der Waals surface area contributed by atoms with E-state index in [1.807, 2.05) is 74.5 Å². The Morgan fingerprint density at radius 2 is 1.73 bits per heavy atom. The van der Waals surface area contributed by atoms with E-state index in [0.717, 1.165) is 41.7 Å². The third-order valence-corrected chi connectivity index (χ3v) is 6.41. The molecule has 1 unspecified atom stereocenters. The zero-order valence-corrected chi connectivity index (χ0v) is 22.4. The average molecular weight is 503 g/mol. The number of rotatable bonds is 14. The summed E-state index contributed by atoms with van der Waals surface area (Å²) >= 11 is 0. The van der Waals surface area contributed by atoms with Gasteiger partial charge in [0.25, 0.3) is 0 Å². The predicted molar refractivity (Wildman–Crippen MR) is 147 cm³/mol. The van der Waals surface area contributed by atoms with Crippen LogP contribution >= 0.6 is 0 Å². The highest BCUT2D eigenvalue weighted by Gasteiger charge is 2.17. The first kappa shape index (κ1) is 28.0. The van der Waals surface area contributed by atoms with E-state index in [9.17, 15) is 9.59 Å². The lowest BCUT2D eigenvalue weighted by atomic mass is 9.98. The molecule has 5 heteroatoms. The number of esters is 1. The molecule has 5 nitrogen and oxygen atoms in total. The fourth-order valence-electron chi connectivity index (χ4n) is 4.13. The molecule has 0 fully saturated rings. The molecule has 3 aromatic carbocycles. The Labute approximate surface area is 220 Å². The molecule has 3 rings (SSSR count). The van der Waals surface area contributed by atoms with Gasteiger partial charge in [-0.1, -0.05) is 55.8 Å². The van der Waals surface area contributed by atoms with Crippen molar-refractivity contribution in [2.45, 2.75) is 65.4 Å². The summed E-state index contributed by atoms with van der Waals surface area (Å²) in [6, 6.07) is 21.2. The Kier molecular flexibility index (Phi) is 10.8. The summed E-state index contributed by atoms with van der Waals surface area (Å²) in [5.41, 5.74) is 4.59. The van der Waals surface area contributed by atoms with Crippen molar-refractivity contribution in [1.82, 2.24) is 0 Å². The van der Waals surface area contributed by atoms with Gasteiger partial charge >= 0.3 is 5.97 Å². The van der Waals surface area contributed by atoms with E-state index in [0.29, 0.717) is 42.7 Å². The van der Waals surface area contributed by atoms with Crippen LogP contribution in [0.1, 0.15) is 72.1 Å². The molecule has 0 aromatic heterocycles. The molecule has 0 aliphatic rings. The Morgan fingerprint density at radius 1 is 0.946 bits per heavy atom. The molecule has 0 aliphatic carbocycles. The number of hydrogen-bond donors (Lipinski definition) is 0. The molecule has 37 heavy (non-hydrogen) atoms. The minimum atomic E-state index is -0.210. The molecule has 0 bridgehead atoms. The van der Waals surface area contributed by atoms with E-state index in [1.165, 1.54) is 7.11 Å². The van der Waals surface area contributed by atoms with Crippen molar-refractivity contribution < 1.29 is 23.8 Å². The molecular weight excluding hydrogens is 464 g/mol. The Bertz CT molecular complexity index is 1170. The topological polar surface area (TPSA) is 61.8 Å². The van der Waals surface area contributed by atoms with E-state index < -0.39 is 0 Å². The first-order valence-electron chi connectivity index (χ1n) is 13.1. The number of carbonyl (C=O) groups excluding carboxylic acids is 2. The van der Waals surface area contributed by atoms with Crippen molar-refractivity contribution in [3.05, 3.63) is 94.5 Å². The molecule has 0 saturated carbocycles. The predicted octanol–water partition coefficient (Wildman–Crippen LogP) is 6.91. The van der Waals surface area contributed by atoms with Crippen molar-refractivity contribution in [3.8, 4) is 11.5 Å². The van der Waals surface area contributed by atoms with Crippen LogP contribution < -0.4 is 9.47 Å². The second-order valence-electron chi connectivity index (χ2n) is 9.36. The summed E-state index contributed by atoms with van der Waals surface area (Å²) in [6.07, 6.45) is 4.66. The van der Waals surface area contributed by atoms with Gasteiger partial charge in [-0.05, 0) is 74.1 Å². The minimum Gasteiger partial charge on any atom is -0.493 e. The van der Waals surface area contributed by atoms with Crippen molar-refractivity contribution in [1.29, 1.82) is 0 Å². The van der Waals surface area contributed by atoms with Gasteiger partial charge in [0.15, 0.2) is 5.78 Å². The normalized spacial score (nSPS) is 11.6. The number of hydrogen-bond acceptors (Lipinski definition) is 5. The maximum absolute atomic E-state index is 13.3. The van der Waals surface area contributed by atoms with Crippen molar-refractivity contribution in [2.24, 2.45) is 0 Å². The van der Waals surface area contributed by atoms with E-state index >= 15 is 0 Å². The van der Waals surface area contributed by atoms with E-state index in [2.05, 4.69) is 13.0 Å². The number of ether oxygens (including phenoxy) is 3. The summed E-state index contributed by atoms with van der Waals surface area (Å²) in [6.45, 7) is 6.66. The number of methoxy groups -OCH3 is 1. The van der Waals surface area contributed by atoms with Crippen LogP contribution in [-0.4, -0.2) is 31.6 Å². The molecular formula is C32H38O5. The van der Waals surface area contributed by atoms with Gasteiger partial charge in [0, 0.05) is 18.4 Å². The molecule has 0 saturated heterocycles. The smallest absolute Gasteiger partial charge is 0.305 e. The van der Waals surface area contributed by atoms with Crippen LogP contribution in [0.15, 0.2) is 66.7 Å².